The van der Waals surface area contributed by atoms with E-state index in [9.17, 15) is 4.79 Å². The second kappa shape index (κ2) is 7.86. The summed E-state index contributed by atoms with van der Waals surface area (Å²) in [5, 5.41) is 0. The number of methoxy groups -OCH3 is 1. The minimum absolute atomic E-state index is 0.328. The Balaban J connectivity index is 2.48. The van der Waals surface area contributed by atoms with Gasteiger partial charge in [-0.25, -0.2) is 4.79 Å². The molecule has 1 amide bonds. The van der Waals surface area contributed by atoms with Gasteiger partial charge in [0.1, 0.15) is 5.75 Å². The SMILES string of the molecule is CCCCC(CC)c1c(-c2ccc(OC)cc2)ccn1C(N)=O. The number of hydrogen-bond acceptors (Lipinski definition) is 2. The Morgan fingerprint density at radius 2 is 1.91 bits per heavy atom. The van der Waals surface area contributed by atoms with Crippen molar-refractivity contribution >= 4 is 6.03 Å². The fourth-order valence-corrected chi connectivity index (χ4v) is 3.05. The number of amides is 1. The molecule has 4 heteroatoms. The third kappa shape index (κ3) is 3.76. The fraction of sp³-hybridized carbons (Fsp3) is 0.421. The molecule has 2 N–H and O–H groups in total. The summed E-state index contributed by atoms with van der Waals surface area (Å²) in [6.45, 7) is 4.35. The van der Waals surface area contributed by atoms with E-state index in [1.54, 1.807) is 17.9 Å². The fourth-order valence-electron chi connectivity index (χ4n) is 3.05. The number of primary amides is 1. The number of nitrogens with zero attached hydrogens (tertiary/aromatic N) is 1. The lowest BCUT2D eigenvalue weighted by molar-refractivity contribution is 0.249. The molecule has 1 aromatic heterocycles. The average Bonchev–Trinajstić information content (AvgIpc) is 3.01. The molecule has 2 rings (SSSR count). The molecule has 0 aliphatic rings. The van der Waals surface area contributed by atoms with Gasteiger partial charge in [-0.3, -0.25) is 4.57 Å². The monoisotopic (exact) mass is 314 g/mol. The normalized spacial score (nSPS) is 12.1. The minimum atomic E-state index is -0.422. The first-order chi connectivity index (χ1) is 11.1. The van der Waals surface area contributed by atoms with E-state index in [0.29, 0.717) is 5.92 Å². The summed E-state index contributed by atoms with van der Waals surface area (Å²) in [5.74, 6) is 1.15. The first-order valence-electron chi connectivity index (χ1n) is 8.27. The maximum Gasteiger partial charge on any atom is 0.323 e. The van der Waals surface area contributed by atoms with Crippen molar-refractivity contribution < 1.29 is 9.53 Å². The molecule has 1 aromatic carbocycles. The molecule has 4 nitrogen and oxygen atoms in total. The van der Waals surface area contributed by atoms with Gasteiger partial charge in [-0.05, 0) is 36.6 Å². The Kier molecular flexibility index (Phi) is 5.85. The van der Waals surface area contributed by atoms with Crippen molar-refractivity contribution in [2.45, 2.75) is 45.4 Å². The van der Waals surface area contributed by atoms with E-state index in [0.717, 1.165) is 48.3 Å². The van der Waals surface area contributed by atoms with Crippen LogP contribution < -0.4 is 10.5 Å². The Bertz CT molecular complexity index is 644. The molecule has 1 heterocycles. The van der Waals surface area contributed by atoms with Crippen LogP contribution in [0, 0.1) is 0 Å². The van der Waals surface area contributed by atoms with Crippen molar-refractivity contribution in [1.29, 1.82) is 0 Å². The second-order valence-electron chi connectivity index (χ2n) is 5.80. The third-order valence-electron chi connectivity index (χ3n) is 4.35. The maximum atomic E-state index is 11.8. The molecule has 1 unspecified atom stereocenters. The summed E-state index contributed by atoms with van der Waals surface area (Å²) >= 11 is 0. The van der Waals surface area contributed by atoms with E-state index in [1.807, 2.05) is 30.3 Å². The molecule has 0 fully saturated rings. The summed E-state index contributed by atoms with van der Waals surface area (Å²) in [6, 6.07) is 9.48. The quantitative estimate of drug-likeness (QED) is 0.800. The van der Waals surface area contributed by atoms with Gasteiger partial charge in [0.15, 0.2) is 0 Å². The lowest BCUT2D eigenvalue weighted by Gasteiger charge is -2.19. The lowest BCUT2D eigenvalue weighted by atomic mass is 9.91. The van der Waals surface area contributed by atoms with Crippen LogP contribution in [-0.4, -0.2) is 17.7 Å². The zero-order valence-corrected chi connectivity index (χ0v) is 14.2. The predicted molar refractivity (Wildman–Crippen MR) is 94.0 cm³/mol. The Morgan fingerprint density at radius 1 is 1.22 bits per heavy atom. The zero-order valence-electron chi connectivity index (χ0n) is 14.2. The molecule has 23 heavy (non-hydrogen) atoms. The number of hydrogen-bond donors (Lipinski definition) is 1. The number of nitrogens with two attached hydrogens (primary N) is 1. The number of ether oxygens (including phenoxy) is 1. The van der Waals surface area contributed by atoms with Gasteiger partial charge < -0.3 is 10.5 Å². The van der Waals surface area contributed by atoms with Crippen LogP contribution in [0.4, 0.5) is 4.79 Å². The molecule has 0 spiro atoms. The van der Waals surface area contributed by atoms with Crippen LogP contribution in [0.2, 0.25) is 0 Å². The third-order valence-corrected chi connectivity index (χ3v) is 4.35. The van der Waals surface area contributed by atoms with Crippen LogP contribution in [0.15, 0.2) is 36.5 Å². The van der Waals surface area contributed by atoms with Gasteiger partial charge in [-0.1, -0.05) is 38.8 Å². The highest BCUT2D eigenvalue weighted by Crippen LogP contribution is 2.35. The van der Waals surface area contributed by atoms with Gasteiger partial charge >= 0.3 is 6.03 Å². The molecule has 0 bridgehead atoms. The summed E-state index contributed by atoms with van der Waals surface area (Å²) in [4.78, 5) is 11.8. The molecule has 0 aliphatic heterocycles. The summed E-state index contributed by atoms with van der Waals surface area (Å²) in [6.07, 6.45) is 6.12. The Hall–Kier alpha value is -2.23. The average molecular weight is 314 g/mol. The molecule has 124 valence electrons. The van der Waals surface area contributed by atoms with Crippen LogP contribution in [-0.2, 0) is 0 Å². The van der Waals surface area contributed by atoms with E-state index < -0.39 is 6.03 Å². The standard InChI is InChI=1S/C19H26N2O2/c1-4-6-7-14(5-2)18-17(12-13-21(18)19(20)22)15-8-10-16(23-3)11-9-15/h8-14H,4-7H2,1-3H3,(H2,20,22). The highest BCUT2D eigenvalue weighted by molar-refractivity contribution is 5.80. The number of carbonyl (C=O) groups is 1. The van der Waals surface area contributed by atoms with Gasteiger partial charge in [-0.15, -0.1) is 0 Å². The van der Waals surface area contributed by atoms with Crippen molar-refractivity contribution in [2.75, 3.05) is 7.11 Å². The number of unbranched alkanes of at least 4 members (excludes halogenated alkanes) is 1. The molecular formula is C19H26N2O2. The minimum Gasteiger partial charge on any atom is -0.497 e. The maximum absolute atomic E-state index is 11.8. The lowest BCUT2D eigenvalue weighted by Crippen LogP contribution is -2.22. The van der Waals surface area contributed by atoms with Crippen molar-refractivity contribution in [3.05, 3.63) is 42.2 Å². The van der Waals surface area contributed by atoms with Crippen LogP contribution in [0.3, 0.4) is 0 Å². The van der Waals surface area contributed by atoms with Crippen molar-refractivity contribution in [1.82, 2.24) is 4.57 Å². The zero-order chi connectivity index (χ0) is 16.8. The van der Waals surface area contributed by atoms with Crippen LogP contribution in [0.1, 0.15) is 51.1 Å². The largest absolute Gasteiger partial charge is 0.497 e. The molecule has 0 saturated heterocycles. The Labute approximate surface area is 138 Å². The van der Waals surface area contributed by atoms with Crippen LogP contribution in [0.25, 0.3) is 11.1 Å². The van der Waals surface area contributed by atoms with E-state index in [-0.39, 0.29) is 0 Å². The molecule has 0 radical (unpaired) electrons. The molecular weight excluding hydrogens is 288 g/mol. The molecule has 1 atom stereocenters. The molecule has 2 aromatic rings. The van der Waals surface area contributed by atoms with Gasteiger partial charge in [-0.2, -0.15) is 0 Å². The van der Waals surface area contributed by atoms with E-state index in [2.05, 4.69) is 13.8 Å². The topological polar surface area (TPSA) is 57.2 Å². The van der Waals surface area contributed by atoms with Gasteiger partial charge in [0.05, 0.1) is 7.11 Å². The summed E-state index contributed by atoms with van der Waals surface area (Å²) in [7, 11) is 1.65. The van der Waals surface area contributed by atoms with Gasteiger partial charge in [0, 0.05) is 23.4 Å². The number of carbonyl (C=O) groups excluding carboxylic acids is 1. The summed E-state index contributed by atoms with van der Waals surface area (Å²) < 4.78 is 6.82. The van der Waals surface area contributed by atoms with Crippen LogP contribution >= 0.6 is 0 Å². The van der Waals surface area contributed by atoms with E-state index >= 15 is 0 Å². The number of benzene rings is 1. The van der Waals surface area contributed by atoms with Crippen LogP contribution in [0.5, 0.6) is 5.75 Å². The van der Waals surface area contributed by atoms with Crippen molar-refractivity contribution in [3.63, 3.8) is 0 Å². The molecule has 0 saturated carbocycles. The van der Waals surface area contributed by atoms with Crippen molar-refractivity contribution in [2.24, 2.45) is 5.73 Å². The van der Waals surface area contributed by atoms with E-state index in [1.165, 1.54) is 0 Å². The Morgan fingerprint density at radius 3 is 2.43 bits per heavy atom. The second-order valence-corrected chi connectivity index (χ2v) is 5.80. The highest BCUT2D eigenvalue weighted by Gasteiger charge is 2.21. The first kappa shape index (κ1) is 17.1. The number of rotatable bonds is 7. The van der Waals surface area contributed by atoms with Gasteiger partial charge in [0.2, 0.25) is 0 Å². The first-order valence-corrected chi connectivity index (χ1v) is 8.27. The number of aromatic nitrogens is 1. The summed E-state index contributed by atoms with van der Waals surface area (Å²) in [5.41, 5.74) is 8.76. The van der Waals surface area contributed by atoms with Gasteiger partial charge in [0.25, 0.3) is 0 Å². The van der Waals surface area contributed by atoms with Crippen molar-refractivity contribution in [3.8, 4) is 16.9 Å². The smallest absolute Gasteiger partial charge is 0.323 e. The highest BCUT2D eigenvalue weighted by atomic mass is 16.5. The van der Waals surface area contributed by atoms with E-state index in [4.69, 9.17) is 10.5 Å². The predicted octanol–water partition coefficient (Wildman–Crippen LogP) is 4.77. The molecule has 0 aliphatic carbocycles.